The number of hydrogen-bond acceptors (Lipinski definition) is 6. The van der Waals surface area contributed by atoms with E-state index in [1.807, 2.05) is 32.0 Å². The van der Waals surface area contributed by atoms with Crippen LogP contribution >= 0.6 is 11.8 Å². The molecule has 2 aromatic rings. The third kappa shape index (κ3) is 6.29. The van der Waals surface area contributed by atoms with Gasteiger partial charge in [-0.1, -0.05) is 29.5 Å². The van der Waals surface area contributed by atoms with E-state index in [0.717, 1.165) is 16.7 Å². The molecule has 136 valence electrons. The van der Waals surface area contributed by atoms with Crippen LogP contribution in [0.4, 0.5) is 18.0 Å². The van der Waals surface area contributed by atoms with Gasteiger partial charge in [-0.05, 0) is 25.5 Å². The second kappa shape index (κ2) is 8.24. The van der Waals surface area contributed by atoms with E-state index in [2.05, 4.69) is 20.3 Å². The average Bonchev–Trinajstić information content (AvgIpc) is 2.97. The summed E-state index contributed by atoms with van der Waals surface area (Å²) in [5.74, 6) is 0.730. The first kappa shape index (κ1) is 19.1. The number of nitrogens with zero attached hydrogens (tertiary/aromatic N) is 2. The number of amides is 1. The maximum Gasteiger partial charge on any atom is 0.422 e. The summed E-state index contributed by atoms with van der Waals surface area (Å²) in [7, 11) is 0. The van der Waals surface area contributed by atoms with Crippen LogP contribution in [0, 0.1) is 13.8 Å². The predicted octanol–water partition coefficient (Wildman–Crippen LogP) is 3.73. The first-order valence-corrected chi connectivity index (χ1v) is 8.24. The minimum Gasteiger partial charge on any atom is -0.440 e. The van der Waals surface area contributed by atoms with Crippen molar-refractivity contribution < 1.29 is 27.1 Å². The Kier molecular flexibility index (Phi) is 6.29. The van der Waals surface area contributed by atoms with Gasteiger partial charge in [0.1, 0.15) is 0 Å². The van der Waals surface area contributed by atoms with Gasteiger partial charge in [0, 0.05) is 17.9 Å². The SMILES string of the molecule is Cc1ccc(-c2nnc(SCCNC(=O)OCC(F)(F)F)o2)c(C)c1. The summed E-state index contributed by atoms with van der Waals surface area (Å²) in [6.45, 7) is 2.41. The van der Waals surface area contributed by atoms with Crippen molar-refractivity contribution in [3.63, 3.8) is 0 Å². The Bertz CT molecular complexity index is 734. The number of rotatable bonds is 6. The van der Waals surface area contributed by atoms with E-state index in [-0.39, 0.29) is 6.54 Å². The van der Waals surface area contributed by atoms with Gasteiger partial charge in [0.2, 0.25) is 5.89 Å². The van der Waals surface area contributed by atoms with Gasteiger partial charge >= 0.3 is 12.3 Å². The zero-order valence-corrected chi connectivity index (χ0v) is 14.3. The highest BCUT2D eigenvalue weighted by molar-refractivity contribution is 7.99. The number of carbonyl (C=O) groups excluding carboxylic acids is 1. The topological polar surface area (TPSA) is 77.2 Å². The molecule has 0 unspecified atom stereocenters. The van der Waals surface area contributed by atoms with Crippen molar-refractivity contribution in [2.45, 2.75) is 25.2 Å². The molecule has 0 saturated carbocycles. The zero-order valence-electron chi connectivity index (χ0n) is 13.5. The van der Waals surface area contributed by atoms with Gasteiger partial charge in [0.25, 0.3) is 5.22 Å². The standard InChI is InChI=1S/C15H16F3N3O3S/c1-9-3-4-11(10(2)7-9)12-20-21-14(24-12)25-6-5-19-13(22)23-8-15(16,17)18/h3-4,7H,5-6,8H2,1-2H3,(H,19,22). The maximum absolute atomic E-state index is 11.9. The summed E-state index contributed by atoms with van der Waals surface area (Å²) in [5.41, 5.74) is 2.96. The van der Waals surface area contributed by atoms with Crippen LogP contribution in [0.5, 0.6) is 0 Å². The van der Waals surface area contributed by atoms with Gasteiger partial charge in [-0.3, -0.25) is 0 Å². The Morgan fingerprint density at radius 2 is 2.08 bits per heavy atom. The molecule has 0 atom stereocenters. The fourth-order valence-corrected chi connectivity index (χ4v) is 2.54. The number of carbonyl (C=O) groups is 1. The molecule has 0 spiro atoms. The van der Waals surface area contributed by atoms with Crippen molar-refractivity contribution in [3.8, 4) is 11.5 Å². The minimum absolute atomic E-state index is 0.0998. The molecule has 0 aliphatic rings. The maximum atomic E-state index is 11.9. The second-order valence-corrected chi connectivity index (χ2v) is 6.20. The van der Waals surface area contributed by atoms with E-state index < -0.39 is 18.9 Å². The molecule has 1 aromatic heterocycles. The molecular formula is C15H16F3N3O3S. The highest BCUT2D eigenvalue weighted by Gasteiger charge is 2.29. The highest BCUT2D eigenvalue weighted by atomic mass is 32.2. The fourth-order valence-electron chi connectivity index (χ4n) is 1.92. The first-order chi connectivity index (χ1) is 11.7. The molecule has 0 saturated heterocycles. The zero-order chi connectivity index (χ0) is 18.4. The van der Waals surface area contributed by atoms with Crippen LogP contribution in [0.2, 0.25) is 0 Å². The molecule has 1 amide bonds. The lowest BCUT2D eigenvalue weighted by molar-refractivity contribution is -0.160. The van der Waals surface area contributed by atoms with Crippen molar-refractivity contribution in [2.75, 3.05) is 18.9 Å². The number of ether oxygens (including phenoxy) is 1. The molecule has 1 N–H and O–H groups in total. The van der Waals surface area contributed by atoms with Gasteiger partial charge in [0.05, 0.1) is 0 Å². The quantitative estimate of drug-likeness (QED) is 0.612. The van der Waals surface area contributed by atoms with Gasteiger partial charge in [-0.15, -0.1) is 10.2 Å². The van der Waals surface area contributed by atoms with Gasteiger partial charge in [-0.2, -0.15) is 13.2 Å². The number of alkyl carbamates (subject to hydrolysis) is 1. The van der Waals surface area contributed by atoms with E-state index >= 15 is 0 Å². The Balaban J connectivity index is 1.77. The number of alkyl halides is 3. The number of benzene rings is 1. The number of aryl methyl sites for hydroxylation is 2. The number of nitrogens with one attached hydrogen (secondary N) is 1. The molecule has 1 aromatic carbocycles. The molecule has 0 radical (unpaired) electrons. The molecule has 2 rings (SSSR count). The van der Waals surface area contributed by atoms with Crippen molar-refractivity contribution in [1.29, 1.82) is 0 Å². The minimum atomic E-state index is -4.54. The Morgan fingerprint density at radius 1 is 1.32 bits per heavy atom. The summed E-state index contributed by atoms with van der Waals surface area (Å²) in [4.78, 5) is 11.1. The van der Waals surface area contributed by atoms with Crippen molar-refractivity contribution in [1.82, 2.24) is 15.5 Å². The third-order valence-corrected chi connectivity index (χ3v) is 3.80. The third-order valence-electron chi connectivity index (χ3n) is 2.98. The van der Waals surface area contributed by atoms with Crippen LogP contribution in [-0.4, -0.2) is 41.4 Å². The molecule has 0 aliphatic carbocycles. The van der Waals surface area contributed by atoms with Crippen LogP contribution in [0.25, 0.3) is 11.5 Å². The molecule has 0 bridgehead atoms. The Labute approximate surface area is 146 Å². The van der Waals surface area contributed by atoms with Crippen LogP contribution in [-0.2, 0) is 4.74 Å². The lowest BCUT2D eigenvalue weighted by atomic mass is 10.1. The molecule has 25 heavy (non-hydrogen) atoms. The molecule has 10 heteroatoms. The van der Waals surface area contributed by atoms with Gasteiger partial charge in [0.15, 0.2) is 6.61 Å². The lowest BCUT2D eigenvalue weighted by Crippen LogP contribution is -2.30. The fraction of sp³-hybridized carbons (Fsp3) is 0.400. The largest absolute Gasteiger partial charge is 0.440 e. The molecule has 6 nitrogen and oxygen atoms in total. The molecular weight excluding hydrogens is 359 g/mol. The van der Waals surface area contributed by atoms with Gasteiger partial charge in [-0.25, -0.2) is 4.79 Å². The van der Waals surface area contributed by atoms with E-state index in [0.29, 0.717) is 16.9 Å². The molecule has 0 aliphatic heterocycles. The van der Waals surface area contributed by atoms with E-state index in [9.17, 15) is 18.0 Å². The first-order valence-electron chi connectivity index (χ1n) is 7.26. The van der Waals surface area contributed by atoms with Gasteiger partial charge < -0.3 is 14.5 Å². The van der Waals surface area contributed by atoms with Crippen molar-refractivity contribution in [2.24, 2.45) is 0 Å². The van der Waals surface area contributed by atoms with Crippen molar-refractivity contribution in [3.05, 3.63) is 29.3 Å². The lowest BCUT2D eigenvalue weighted by Gasteiger charge is -2.08. The number of thioether (sulfide) groups is 1. The summed E-state index contributed by atoms with van der Waals surface area (Å²) < 4.78 is 45.2. The summed E-state index contributed by atoms with van der Waals surface area (Å²) >= 11 is 1.18. The van der Waals surface area contributed by atoms with Crippen LogP contribution in [0.3, 0.4) is 0 Å². The average molecular weight is 375 g/mol. The highest BCUT2D eigenvalue weighted by Crippen LogP contribution is 2.26. The number of hydrogen-bond donors (Lipinski definition) is 1. The van der Waals surface area contributed by atoms with Crippen LogP contribution < -0.4 is 5.32 Å². The monoisotopic (exact) mass is 375 g/mol. The predicted molar refractivity (Wildman–Crippen MR) is 85.3 cm³/mol. The van der Waals surface area contributed by atoms with E-state index in [1.165, 1.54) is 11.8 Å². The second-order valence-electron chi connectivity index (χ2n) is 5.16. The van der Waals surface area contributed by atoms with E-state index in [1.54, 1.807) is 0 Å². The molecule has 0 fully saturated rings. The number of halogens is 3. The smallest absolute Gasteiger partial charge is 0.422 e. The molecule has 1 heterocycles. The van der Waals surface area contributed by atoms with Crippen molar-refractivity contribution >= 4 is 17.9 Å². The van der Waals surface area contributed by atoms with Crippen LogP contribution in [0.1, 0.15) is 11.1 Å². The Morgan fingerprint density at radius 3 is 2.76 bits per heavy atom. The van der Waals surface area contributed by atoms with Crippen LogP contribution in [0.15, 0.2) is 27.8 Å². The Hall–Kier alpha value is -2.23. The normalized spacial score (nSPS) is 11.4. The van der Waals surface area contributed by atoms with E-state index in [4.69, 9.17) is 4.42 Å². The summed E-state index contributed by atoms with van der Waals surface area (Å²) in [6.07, 6.45) is -5.67. The number of aromatic nitrogens is 2. The summed E-state index contributed by atoms with van der Waals surface area (Å²) in [6, 6.07) is 5.84. The summed E-state index contributed by atoms with van der Waals surface area (Å²) in [5, 5.41) is 10.4.